The zero-order valence-corrected chi connectivity index (χ0v) is 16.3. The molecule has 0 N–H and O–H groups in total. The average molecular weight is 355 g/mol. The van der Waals surface area contributed by atoms with Crippen molar-refractivity contribution in [2.75, 3.05) is 0 Å². The van der Waals surface area contributed by atoms with Crippen molar-refractivity contribution in [3.05, 3.63) is 35.4 Å². The average Bonchev–Trinajstić information content (AvgIpc) is 2.69. The Morgan fingerprint density at radius 2 is 1.54 bits per heavy atom. The van der Waals surface area contributed by atoms with Crippen molar-refractivity contribution in [1.82, 2.24) is 0 Å². The van der Waals surface area contributed by atoms with Gasteiger partial charge < -0.3 is 0 Å². The second-order valence-corrected chi connectivity index (χ2v) is 8.53. The number of rotatable bonds is 7. The summed E-state index contributed by atoms with van der Waals surface area (Å²) in [5, 5.41) is 0. The normalized spacial score (nSPS) is 24.3. The van der Waals surface area contributed by atoms with Crippen LogP contribution in [0.3, 0.4) is 0 Å². The van der Waals surface area contributed by atoms with E-state index in [-0.39, 0.29) is 23.9 Å². The van der Waals surface area contributed by atoms with Crippen LogP contribution in [0.2, 0.25) is 0 Å². The molecule has 1 aromatic carbocycles. The Labute approximate surface area is 158 Å². The number of hydrogen-bond acceptors (Lipinski definition) is 2. The highest BCUT2D eigenvalue weighted by atomic mass is 16.1. The summed E-state index contributed by atoms with van der Waals surface area (Å²) < 4.78 is 0. The molecule has 0 spiro atoms. The van der Waals surface area contributed by atoms with Gasteiger partial charge in [0.25, 0.3) is 0 Å². The lowest BCUT2D eigenvalue weighted by Crippen LogP contribution is -2.20. The summed E-state index contributed by atoms with van der Waals surface area (Å²) in [7, 11) is 0. The van der Waals surface area contributed by atoms with Crippen LogP contribution < -0.4 is 0 Å². The van der Waals surface area contributed by atoms with Crippen molar-refractivity contribution in [2.24, 2.45) is 11.8 Å². The molecule has 0 unspecified atom stereocenters. The van der Waals surface area contributed by atoms with Crippen LogP contribution in [0.5, 0.6) is 0 Å². The molecule has 0 aliphatic heterocycles. The van der Waals surface area contributed by atoms with E-state index in [4.69, 9.17) is 0 Å². The Morgan fingerprint density at radius 1 is 0.885 bits per heavy atom. The highest BCUT2D eigenvalue weighted by Gasteiger charge is 2.24. The Kier molecular flexibility index (Phi) is 7.05. The summed E-state index contributed by atoms with van der Waals surface area (Å²) in [5.74, 6) is 1.86. The molecular weight excluding hydrogens is 320 g/mol. The van der Waals surface area contributed by atoms with Gasteiger partial charge in [0, 0.05) is 11.5 Å². The summed E-state index contributed by atoms with van der Waals surface area (Å²) in [6.45, 7) is 2.28. The van der Waals surface area contributed by atoms with Crippen molar-refractivity contribution in [2.45, 2.75) is 89.9 Å². The summed E-state index contributed by atoms with van der Waals surface area (Å²) in [6.07, 6.45) is 13.5. The standard InChI is InChI=1S/C24H34O2/c1-2-6-18-9-11-19(12-10-18)20-13-15-22(16-14-20)24(26)17-23(25)21-7-4-3-5-8-21/h13-16,18-19,21H,2-12,17H2,1H3. The fraction of sp³-hybridized carbons (Fsp3) is 0.667. The van der Waals surface area contributed by atoms with E-state index in [1.807, 2.05) is 12.1 Å². The Morgan fingerprint density at radius 3 is 2.15 bits per heavy atom. The monoisotopic (exact) mass is 354 g/mol. The third-order valence-corrected chi connectivity index (χ3v) is 6.64. The van der Waals surface area contributed by atoms with E-state index in [1.165, 1.54) is 50.5 Å². The number of ketones is 2. The maximum Gasteiger partial charge on any atom is 0.170 e. The highest BCUT2D eigenvalue weighted by molar-refractivity contribution is 6.08. The summed E-state index contributed by atoms with van der Waals surface area (Å²) in [6, 6.07) is 8.15. The summed E-state index contributed by atoms with van der Waals surface area (Å²) >= 11 is 0. The molecule has 2 aliphatic rings. The van der Waals surface area contributed by atoms with Crippen molar-refractivity contribution < 1.29 is 9.59 Å². The quantitative estimate of drug-likeness (QED) is 0.414. The number of carbonyl (C=O) groups excluding carboxylic acids is 2. The third kappa shape index (κ3) is 5.05. The number of carbonyl (C=O) groups is 2. The minimum atomic E-state index is -0.00113. The van der Waals surface area contributed by atoms with Crippen molar-refractivity contribution >= 4 is 11.6 Å². The predicted octanol–water partition coefficient (Wildman–Crippen LogP) is 6.48. The third-order valence-electron chi connectivity index (χ3n) is 6.64. The lowest BCUT2D eigenvalue weighted by Gasteiger charge is -2.28. The first-order valence-electron chi connectivity index (χ1n) is 10.8. The Hall–Kier alpha value is -1.44. The van der Waals surface area contributed by atoms with Gasteiger partial charge in [0.1, 0.15) is 5.78 Å². The molecule has 2 nitrogen and oxygen atoms in total. The fourth-order valence-electron chi connectivity index (χ4n) is 4.96. The molecule has 3 rings (SSSR count). The van der Waals surface area contributed by atoms with Crippen LogP contribution >= 0.6 is 0 Å². The first kappa shape index (κ1) is 19.3. The van der Waals surface area contributed by atoms with Crippen molar-refractivity contribution in [3.63, 3.8) is 0 Å². The Balaban J connectivity index is 1.52. The molecule has 0 amide bonds. The van der Waals surface area contributed by atoms with Gasteiger partial charge in [0.2, 0.25) is 0 Å². The lowest BCUT2D eigenvalue weighted by atomic mass is 9.77. The topological polar surface area (TPSA) is 34.1 Å². The van der Waals surface area contributed by atoms with E-state index in [1.54, 1.807) is 0 Å². The molecule has 0 heterocycles. The minimum absolute atomic E-state index is 0.00113. The van der Waals surface area contributed by atoms with Crippen LogP contribution in [0, 0.1) is 11.8 Å². The molecule has 1 aromatic rings. The summed E-state index contributed by atoms with van der Waals surface area (Å²) in [4.78, 5) is 24.8. The van der Waals surface area contributed by atoms with Crippen LogP contribution in [0.15, 0.2) is 24.3 Å². The molecule has 0 bridgehead atoms. The van der Waals surface area contributed by atoms with E-state index >= 15 is 0 Å². The highest BCUT2D eigenvalue weighted by Crippen LogP contribution is 2.37. The molecule has 0 atom stereocenters. The van der Waals surface area contributed by atoms with E-state index in [0.29, 0.717) is 11.5 Å². The zero-order chi connectivity index (χ0) is 18.4. The fourth-order valence-corrected chi connectivity index (χ4v) is 4.96. The van der Waals surface area contributed by atoms with E-state index < -0.39 is 0 Å². The van der Waals surface area contributed by atoms with Crippen LogP contribution in [0.25, 0.3) is 0 Å². The molecule has 2 saturated carbocycles. The Bertz CT molecular complexity index is 587. The second kappa shape index (κ2) is 9.48. The van der Waals surface area contributed by atoms with Gasteiger partial charge in [-0.2, -0.15) is 0 Å². The van der Waals surface area contributed by atoms with Gasteiger partial charge in [-0.3, -0.25) is 9.59 Å². The van der Waals surface area contributed by atoms with Crippen LogP contribution in [-0.4, -0.2) is 11.6 Å². The molecule has 2 fully saturated rings. The van der Waals surface area contributed by atoms with Gasteiger partial charge in [0.05, 0.1) is 6.42 Å². The molecule has 26 heavy (non-hydrogen) atoms. The van der Waals surface area contributed by atoms with Crippen molar-refractivity contribution in [3.8, 4) is 0 Å². The lowest BCUT2D eigenvalue weighted by molar-refractivity contribution is -0.122. The first-order valence-corrected chi connectivity index (χ1v) is 10.8. The molecular formula is C24H34O2. The SMILES string of the molecule is CCCC1CCC(c2ccc(C(=O)CC(=O)C3CCCCC3)cc2)CC1. The maximum atomic E-state index is 12.5. The molecule has 2 heteroatoms. The van der Waals surface area contributed by atoms with Crippen LogP contribution in [0.4, 0.5) is 0 Å². The van der Waals surface area contributed by atoms with Crippen LogP contribution in [-0.2, 0) is 4.79 Å². The molecule has 0 saturated heterocycles. The van der Waals surface area contributed by atoms with E-state index in [9.17, 15) is 9.59 Å². The van der Waals surface area contributed by atoms with Gasteiger partial charge >= 0.3 is 0 Å². The van der Waals surface area contributed by atoms with Gasteiger partial charge in [-0.15, -0.1) is 0 Å². The number of hydrogen-bond donors (Lipinski definition) is 0. The van der Waals surface area contributed by atoms with Gasteiger partial charge in [-0.25, -0.2) is 0 Å². The maximum absolute atomic E-state index is 12.5. The van der Waals surface area contributed by atoms with Gasteiger partial charge in [0.15, 0.2) is 5.78 Å². The molecule has 0 aromatic heterocycles. The first-order chi connectivity index (χ1) is 12.7. The minimum Gasteiger partial charge on any atom is -0.299 e. The van der Waals surface area contributed by atoms with Crippen LogP contribution in [0.1, 0.15) is 106 Å². The van der Waals surface area contributed by atoms with Crippen molar-refractivity contribution in [1.29, 1.82) is 0 Å². The van der Waals surface area contributed by atoms with E-state index in [0.717, 1.165) is 31.6 Å². The second-order valence-electron chi connectivity index (χ2n) is 8.53. The molecule has 142 valence electrons. The number of Topliss-reactive ketones (excluding diaryl/α,β-unsaturated/α-hetero) is 2. The molecule has 0 radical (unpaired) electrons. The smallest absolute Gasteiger partial charge is 0.170 e. The zero-order valence-electron chi connectivity index (χ0n) is 16.3. The largest absolute Gasteiger partial charge is 0.299 e. The van der Waals surface area contributed by atoms with Gasteiger partial charge in [-0.05, 0) is 55.9 Å². The van der Waals surface area contributed by atoms with Gasteiger partial charge in [-0.1, -0.05) is 63.3 Å². The summed E-state index contributed by atoms with van der Waals surface area (Å²) in [5.41, 5.74) is 2.08. The van der Waals surface area contributed by atoms with E-state index in [2.05, 4.69) is 19.1 Å². The predicted molar refractivity (Wildman–Crippen MR) is 107 cm³/mol. The number of benzene rings is 1. The molecule has 2 aliphatic carbocycles.